The largest absolute Gasteiger partial charge is 0.480 e. The summed E-state index contributed by atoms with van der Waals surface area (Å²) in [7, 11) is 0. The summed E-state index contributed by atoms with van der Waals surface area (Å²) in [6.07, 6.45) is -0.542. The number of carbonyl (C=O) groups is 2. The number of carboxylic acid groups (broad SMARTS) is 1. The summed E-state index contributed by atoms with van der Waals surface area (Å²) in [5.74, 6) is -1.38. The third-order valence-corrected chi connectivity index (χ3v) is 3.27. The second kappa shape index (κ2) is 4.66. The fourth-order valence-corrected chi connectivity index (χ4v) is 2.52. The van der Waals surface area contributed by atoms with Gasteiger partial charge in [-0.05, 0) is 32.9 Å². The molecule has 1 heterocycles. The van der Waals surface area contributed by atoms with Crippen LogP contribution in [0, 0.1) is 0 Å². The summed E-state index contributed by atoms with van der Waals surface area (Å²) in [6, 6.07) is 7.66. The van der Waals surface area contributed by atoms with Crippen LogP contribution in [0.15, 0.2) is 30.3 Å². The smallest absolute Gasteiger partial charge is 0.329 e. The maximum Gasteiger partial charge on any atom is 0.329 e. The van der Waals surface area contributed by atoms with Gasteiger partial charge in [-0.25, -0.2) is 4.79 Å². The predicted molar refractivity (Wildman–Crippen MR) is 68.7 cm³/mol. The number of carbonyl (C=O) groups excluding carboxylic acids is 1. The number of rotatable bonds is 2. The van der Waals surface area contributed by atoms with E-state index in [4.69, 9.17) is 4.74 Å². The zero-order valence-corrected chi connectivity index (χ0v) is 11.2. The van der Waals surface area contributed by atoms with Crippen molar-refractivity contribution in [1.29, 1.82) is 0 Å². The molecule has 1 saturated heterocycles. The highest BCUT2D eigenvalue weighted by molar-refractivity contribution is 5.97. The van der Waals surface area contributed by atoms with Gasteiger partial charge in [0.1, 0.15) is 5.72 Å². The number of nitrogens with zero attached hydrogens (tertiary/aromatic N) is 1. The van der Waals surface area contributed by atoms with Gasteiger partial charge in [0.25, 0.3) is 5.91 Å². The molecule has 1 amide bonds. The van der Waals surface area contributed by atoms with Crippen LogP contribution in [-0.2, 0) is 9.53 Å². The molecule has 1 aromatic carbocycles. The van der Waals surface area contributed by atoms with Crippen LogP contribution in [0.2, 0.25) is 0 Å². The van der Waals surface area contributed by atoms with E-state index in [1.807, 2.05) is 0 Å². The Kier molecular flexibility index (Phi) is 3.32. The molecule has 1 N–H and O–H groups in total. The van der Waals surface area contributed by atoms with E-state index in [-0.39, 0.29) is 5.91 Å². The highest BCUT2D eigenvalue weighted by Gasteiger charge is 2.51. The molecule has 0 bridgehead atoms. The summed E-state index contributed by atoms with van der Waals surface area (Å²) >= 11 is 0. The fraction of sp³-hybridized carbons (Fsp3) is 0.429. The van der Waals surface area contributed by atoms with Crippen molar-refractivity contribution < 1.29 is 19.4 Å². The van der Waals surface area contributed by atoms with E-state index in [9.17, 15) is 14.7 Å². The van der Waals surface area contributed by atoms with Gasteiger partial charge in [-0.3, -0.25) is 9.69 Å². The van der Waals surface area contributed by atoms with Gasteiger partial charge in [-0.2, -0.15) is 0 Å². The quantitative estimate of drug-likeness (QED) is 0.882. The van der Waals surface area contributed by atoms with Crippen LogP contribution in [0.4, 0.5) is 0 Å². The molecule has 0 aromatic heterocycles. The topological polar surface area (TPSA) is 66.8 Å². The van der Waals surface area contributed by atoms with Crippen molar-refractivity contribution in [3.63, 3.8) is 0 Å². The molecular formula is C14H17NO4. The Balaban J connectivity index is 2.40. The molecule has 1 aliphatic heterocycles. The van der Waals surface area contributed by atoms with Gasteiger partial charge in [-0.15, -0.1) is 0 Å². The first-order valence-corrected chi connectivity index (χ1v) is 6.14. The Labute approximate surface area is 111 Å². The van der Waals surface area contributed by atoms with Crippen molar-refractivity contribution in [2.75, 3.05) is 0 Å². The van der Waals surface area contributed by atoms with E-state index in [1.54, 1.807) is 51.1 Å². The molecule has 0 unspecified atom stereocenters. The Morgan fingerprint density at radius 1 is 1.26 bits per heavy atom. The van der Waals surface area contributed by atoms with Gasteiger partial charge in [0.15, 0.2) is 6.04 Å². The van der Waals surface area contributed by atoms with Gasteiger partial charge < -0.3 is 9.84 Å². The zero-order chi connectivity index (χ0) is 14.2. The van der Waals surface area contributed by atoms with Gasteiger partial charge in [0.2, 0.25) is 0 Å². The summed E-state index contributed by atoms with van der Waals surface area (Å²) in [5, 5.41) is 9.31. The molecule has 5 heteroatoms. The Hall–Kier alpha value is -1.88. The van der Waals surface area contributed by atoms with Crippen molar-refractivity contribution >= 4 is 11.9 Å². The maximum atomic E-state index is 12.5. The van der Waals surface area contributed by atoms with Gasteiger partial charge in [-0.1, -0.05) is 18.2 Å². The Bertz CT molecular complexity index is 497. The van der Waals surface area contributed by atoms with Crippen LogP contribution < -0.4 is 0 Å². The number of ether oxygens (including phenoxy) is 1. The summed E-state index contributed by atoms with van der Waals surface area (Å²) in [6.45, 7) is 5.07. The summed E-state index contributed by atoms with van der Waals surface area (Å²) in [4.78, 5) is 25.2. The number of hydrogen-bond donors (Lipinski definition) is 1. The van der Waals surface area contributed by atoms with Crippen molar-refractivity contribution in [3.8, 4) is 0 Å². The molecule has 0 spiro atoms. The van der Waals surface area contributed by atoms with E-state index >= 15 is 0 Å². The lowest BCUT2D eigenvalue weighted by molar-refractivity contribution is -0.142. The minimum Gasteiger partial charge on any atom is -0.480 e. The van der Waals surface area contributed by atoms with Gasteiger partial charge >= 0.3 is 5.97 Å². The van der Waals surface area contributed by atoms with Crippen molar-refractivity contribution in [1.82, 2.24) is 4.90 Å². The first-order valence-electron chi connectivity index (χ1n) is 6.14. The van der Waals surface area contributed by atoms with Crippen LogP contribution in [-0.4, -0.2) is 39.8 Å². The van der Waals surface area contributed by atoms with Crippen LogP contribution in [0.5, 0.6) is 0 Å². The molecule has 0 aliphatic carbocycles. The van der Waals surface area contributed by atoms with E-state index in [0.717, 1.165) is 0 Å². The van der Waals surface area contributed by atoms with Crippen LogP contribution in [0.1, 0.15) is 31.1 Å². The average Bonchev–Trinajstić information content (AvgIpc) is 2.58. The lowest BCUT2D eigenvalue weighted by Crippen LogP contribution is -2.51. The summed E-state index contributed by atoms with van der Waals surface area (Å²) < 4.78 is 5.60. The maximum absolute atomic E-state index is 12.5. The molecule has 2 atom stereocenters. The lowest BCUT2D eigenvalue weighted by atomic mass is 10.1. The molecule has 1 aliphatic rings. The standard InChI is InChI=1S/C14H17NO4/c1-9-11(13(17)18)15(14(2,3)19-9)12(16)10-7-5-4-6-8-10/h4-9,11H,1-3H3,(H,17,18)/t9-,11-/m0/s1. The third kappa shape index (κ3) is 2.33. The van der Waals surface area contributed by atoms with Crippen molar-refractivity contribution in [3.05, 3.63) is 35.9 Å². The minimum absolute atomic E-state index is 0.331. The second-order valence-electron chi connectivity index (χ2n) is 5.09. The minimum atomic E-state index is -1.05. The molecule has 1 fully saturated rings. The van der Waals surface area contributed by atoms with Crippen molar-refractivity contribution in [2.45, 2.75) is 38.6 Å². The van der Waals surface area contributed by atoms with Gasteiger partial charge in [0, 0.05) is 5.56 Å². The molecular weight excluding hydrogens is 246 g/mol. The zero-order valence-electron chi connectivity index (χ0n) is 11.2. The highest BCUT2D eigenvalue weighted by atomic mass is 16.5. The van der Waals surface area contributed by atoms with E-state index in [2.05, 4.69) is 0 Å². The Morgan fingerprint density at radius 3 is 2.37 bits per heavy atom. The average molecular weight is 263 g/mol. The number of hydrogen-bond acceptors (Lipinski definition) is 3. The second-order valence-corrected chi connectivity index (χ2v) is 5.09. The monoisotopic (exact) mass is 263 g/mol. The molecule has 1 aromatic rings. The summed E-state index contributed by atoms with van der Waals surface area (Å²) in [5.41, 5.74) is -0.477. The molecule has 2 rings (SSSR count). The van der Waals surface area contributed by atoms with Gasteiger partial charge in [0.05, 0.1) is 6.10 Å². The molecule has 19 heavy (non-hydrogen) atoms. The normalized spacial score (nSPS) is 25.3. The number of benzene rings is 1. The fourth-order valence-electron chi connectivity index (χ4n) is 2.52. The van der Waals surface area contributed by atoms with Crippen LogP contribution in [0.3, 0.4) is 0 Å². The third-order valence-electron chi connectivity index (χ3n) is 3.27. The number of amides is 1. The highest BCUT2D eigenvalue weighted by Crippen LogP contribution is 2.33. The lowest BCUT2D eigenvalue weighted by Gasteiger charge is -2.32. The SMILES string of the molecule is C[C@@H]1OC(C)(C)N(C(=O)c2ccccc2)[C@@H]1C(=O)O. The van der Waals surface area contributed by atoms with E-state index in [1.165, 1.54) is 4.90 Å². The van der Waals surface area contributed by atoms with E-state index < -0.39 is 23.8 Å². The first kappa shape index (κ1) is 13.5. The number of carboxylic acids is 1. The molecule has 0 saturated carbocycles. The van der Waals surface area contributed by atoms with Crippen molar-refractivity contribution in [2.24, 2.45) is 0 Å². The molecule has 5 nitrogen and oxygen atoms in total. The Morgan fingerprint density at radius 2 is 1.84 bits per heavy atom. The molecule has 0 radical (unpaired) electrons. The van der Waals surface area contributed by atoms with Crippen LogP contribution in [0.25, 0.3) is 0 Å². The predicted octanol–water partition coefficient (Wildman–Crippen LogP) is 1.74. The number of aliphatic carboxylic acids is 1. The van der Waals surface area contributed by atoms with E-state index in [0.29, 0.717) is 5.56 Å². The molecule has 102 valence electrons. The van der Waals surface area contributed by atoms with Crippen LogP contribution >= 0.6 is 0 Å². The first-order chi connectivity index (χ1) is 8.84.